The van der Waals surface area contributed by atoms with Crippen LogP contribution in [0.1, 0.15) is 41.7 Å². The van der Waals surface area contributed by atoms with Crippen molar-refractivity contribution in [3.8, 4) is 0 Å². The summed E-state index contributed by atoms with van der Waals surface area (Å²) in [5.74, 6) is 2.33. The standard InChI is InChI=1S/C14H17N5OS/c1-8-15-11-5-6-19(7-10(11)13(20)18(8)2)14-16-12(17-21-14)9-3-4-9/h9H,3-7H2,1-2H3. The maximum atomic E-state index is 12.4. The molecule has 0 radical (unpaired) electrons. The van der Waals surface area contributed by atoms with E-state index in [-0.39, 0.29) is 5.56 Å². The fourth-order valence-corrected chi connectivity index (χ4v) is 3.48. The lowest BCUT2D eigenvalue weighted by molar-refractivity contribution is 0.653. The molecule has 1 aliphatic heterocycles. The Morgan fingerprint density at radius 3 is 2.86 bits per heavy atom. The number of hydrogen-bond donors (Lipinski definition) is 0. The molecule has 0 saturated heterocycles. The predicted octanol–water partition coefficient (Wildman–Crippen LogP) is 1.38. The van der Waals surface area contributed by atoms with Crippen LogP contribution in [-0.2, 0) is 20.0 Å². The summed E-state index contributed by atoms with van der Waals surface area (Å²) < 4.78 is 6.08. The predicted molar refractivity (Wildman–Crippen MR) is 80.9 cm³/mol. The van der Waals surface area contributed by atoms with Crippen LogP contribution in [0.15, 0.2) is 4.79 Å². The molecule has 0 aromatic carbocycles. The van der Waals surface area contributed by atoms with Gasteiger partial charge in [0.15, 0.2) is 0 Å². The Balaban J connectivity index is 1.66. The zero-order valence-corrected chi connectivity index (χ0v) is 13.0. The highest BCUT2D eigenvalue weighted by atomic mass is 32.1. The van der Waals surface area contributed by atoms with Crippen molar-refractivity contribution in [3.63, 3.8) is 0 Å². The Hall–Kier alpha value is -1.76. The van der Waals surface area contributed by atoms with Gasteiger partial charge in [0.25, 0.3) is 5.56 Å². The molecule has 2 aromatic heterocycles. The third kappa shape index (κ3) is 2.16. The molecule has 1 aliphatic carbocycles. The third-order valence-electron chi connectivity index (χ3n) is 4.30. The Morgan fingerprint density at radius 2 is 2.10 bits per heavy atom. The number of fused-ring (bicyclic) bond motifs is 1. The highest BCUT2D eigenvalue weighted by Crippen LogP contribution is 2.40. The van der Waals surface area contributed by atoms with Gasteiger partial charge in [-0.05, 0) is 19.8 Å². The van der Waals surface area contributed by atoms with Crippen molar-refractivity contribution in [2.75, 3.05) is 11.4 Å². The summed E-state index contributed by atoms with van der Waals surface area (Å²) in [4.78, 5) is 23.7. The maximum absolute atomic E-state index is 12.4. The van der Waals surface area contributed by atoms with Gasteiger partial charge in [-0.15, -0.1) is 0 Å². The van der Waals surface area contributed by atoms with Gasteiger partial charge in [-0.1, -0.05) is 0 Å². The zero-order valence-electron chi connectivity index (χ0n) is 12.2. The molecule has 0 N–H and O–H groups in total. The van der Waals surface area contributed by atoms with E-state index >= 15 is 0 Å². The number of nitrogens with zero attached hydrogens (tertiary/aromatic N) is 5. The number of aromatic nitrogens is 4. The highest BCUT2D eigenvalue weighted by Gasteiger charge is 2.30. The van der Waals surface area contributed by atoms with Crippen LogP contribution < -0.4 is 10.5 Å². The van der Waals surface area contributed by atoms with E-state index in [2.05, 4.69) is 19.2 Å². The molecule has 1 fully saturated rings. The summed E-state index contributed by atoms with van der Waals surface area (Å²) >= 11 is 1.45. The van der Waals surface area contributed by atoms with Crippen LogP contribution in [0.4, 0.5) is 5.13 Å². The average Bonchev–Trinajstić information content (AvgIpc) is 3.22. The summed E-state index contributed by atoms with van der Waals surface area (Å²) in [6.45, 7) is 3.32. The van der Waals surface area contributed by atoms with Crippen molar-refractivity contribution in [1.29, 1.82) is 0 Å². The van der Waals surface area contributed by atoms with Gasteiger partial charge < -0.3 is 4.90 Å². The molecule has 0 atom stereocenters. The Bertz CT molecular complexity index is 761. The minimum atomic E-state index is 0.0640. The van der Waals surface area contributed by atoms with Gasteiger partial charge in [0.05, 0.1) is 17.8 Å². The van der Waals surface area contributed by atoms with Crippen LogP contribution in [0.2, 0.25) is 0 Å². The van der Waals surface area contributed by atoms with Crippen molar-refractivity contribution in [2.45, 2.75) is 38.6 Å². The molecule has 3 heterocycles. The van der Waals surface area contributed by atoms with Gasteiger partial charge in [0.2, 0.25) is 5.13 Å². The lowest BCUT2D eigenvalue weighted by Gasteiger charge is -2.27. The van der Waals surface area contributed by atoms with E-state index in [1.807, 2.05) is 6.92 Å². The second-order valence-electron chi connectivity index (χ2n) is 5.83. The van der Waals surface area contributed by atoms with E-state index in [1.54, 1.807) is 11.6 Å². The molecule has 110 valence electrons. The maximum Gasteiger partial charge on any atom is 0.258 e. The van der Waals surface area contributed by atoms with Crippen LogP contribution in [0.5, 0.6) is 0 Å². The Labute approximate surface area is 126 Å². The molecule has 0 bridgehead atoms. The fourth-order valence-electron chi connectivity index (χ4n) is 2.71. The molecule has 2 aliphatic rings. The molecule has 0 unspecified atom stereocenters. The van der Waals surface area contributed by atoms with Gasteiger partial charge >= 0.3 is 0 Å². The first-order chi connectivity index (χ1) is 10.1. The summed E-state index contributed by atoms with van der Waals surface area (Å²) in [5, 5.41) is 0.935. The van der Waals surface area contributed by atoms with E-state index in [9.17, 15) is 4.79 Å². The lowest BCUT2D eigenvalue weighted by atomic mass is 10.1. The minimum absolute atomic E-state index is 0.0640. The van der Waals surface area contributed by atoms with Gasteiger partial charge in [0.1, 0.15) is 11.6 Å². The first-order valence-electron chi connectivity index (χ1n) is 7.27. The molecule has 1 saturated carbocycles. The number of aryl methyl sites for hydroxylation is 1. The lowest BCUT2D eigenvalue weighted by Crippen LogP contribution is -2.38. The number of rotatable bonds is 2. The smallest absolute Gasteiger partial charge is 0.258 e. The summed E-state index contributed by atoms with van der Waals surface area (Å²) in [6, 6.07) is 0. The van der Waals surface area contributed by atoms with Crippen molar-refractivity contribution >= 4 is 16.7 Å². The van der Waals surface area contributed by atoms with E-state index in [4.69, 9.17) is 0 Å². The quantitative estimate of drug-likeness (QED) is 0.838. The van der Waals surface area contributed by atoms with Gasteiger partial charge in [-0.25, -0.2) is 9.97 Å². The average molecular weight is 303 g/mol. The summed E-state index contributed by atoms with van der Waals surface area (Å²) in [5.41, 5.74) is 1.81. The molecule has 7 heteroatoms. The monoisotopic (exact) mass is 303 g/mol. The van der Waals surface area contributed by atoms with E-state index < -0.39 is 0 Å². The van der Waals surface area contributed by atoms with Gasteiger partial charge in [-0.2, -0.15) is 4.37 Å². The SMILES string of the molecule is Cc1nc2c(c(=O)n1C)CN(c1nc(C3CC3)ns1)CC2. The van der Waals surface area contributed by atoms with Crippen LogP contribution in [-0.4, -0.2) is 25.5 Å². The molecule has 2 aromatic rings. The fraction of sp³-hybridized carbons (Fsp3) is 0.571. The van der Waals surface area contributed by atoms with Crippen molar-refractivity contribution < 1.29 is 0 Å². The topological polar surface area (TPSA) is 63.9 Å². The highest BCUT2D eigenvalue weighted by molar-refractivity contribution is 7.09. The molecule has 21 heavy (non-hydrogen) atoms. The summed E-state index contributed by atoms with van der Waals surface area (Å²) in [6.07, 6.45) is 3.22. The van der Waals surface area contributed by atoms with Crippen LogP contribution >= 0.6 is 11.5 Å². The molecule has 0 spiro atoms. The minimum Gasteiger partial charge on any atom is -0.342 e. The van der Waals surface area contributed by atoms with Gasteiger partial charge in [0, 0.05) is 37.5 Å². The largest absolute Gasteiger partial charge is 0.342 e. The second kappa shape index (κ2) is 4.62. The van der Waals surface area contributed by atoms with Crippen LogP contribution in [0.25, 0.3) is 0 Å². The Kier molecular flexibility index (Phi) is 2.85. The van der Waals surface area contributed by atoms with Crippen LogP contribution in [0.3, 0.4) is 0 Å². The Morgan fingerprint density at radius 1 is 1.29 bits per heavy atom. The first-order valence-corrected chi connectivity index (χ1v) is 8.05. The molecular weight excluding hydrogens is 286 g/mol. The summed E-state index contributed by atoms with van der Waals surface area (Å²) in [7, 11) is 1.78. The van der Waals surface area contributed by atoms with Crippen molar-refractivity contribution in [3.05, 3.63) is 33.3 Å². The third-order valence-corrected chi connectivity index (χ3v) is 5.10. The van der Waals surface area contributed by atoms with Gasteiger partial charge in [-0.3, -0.25) is 9.36 Å². The van der Waals surface area contributed by atoms with E-state index in [0.717, 1.165) is 41.0 Å². The normalized spacial score (nSPS) is 17.9. The number of hydrogen-bond acceptors (Lipinski definition) is 6. The van der Waals surface area contributed by atoms with Crippen molar-refractivity contribution in [1.82, 2.24) is 18.9 Å². The van der Waals surface area contributed by atoms with Crippen molar-refractivity contribution in [2.24, 2.45) is 7.05 Å². The molecule has 4 rings (SSSR count). The second-order valence-corrected chi connectivity index (χ2v) is 6.56. The number of anilines is 1. The first kappa shape index (κ1) is 12.9. The van der Waals surface area contributed by atoms with E-state index in [1.165, 1.54) is 24.4 Å². The molecule has 6 nitrogen and oxygen atoms in total. The van der Waals surface area contributed by atoms with Crippen LogP contribution in [0, 0.1) is 6.92 Å². The van der Waals surface area contributed by atoms with E-state index in [0.29, 0.717) is 12.5 Å². The zero-order chi connectivity index (χ0) is 14.6. The molecule has 0 amide bonds. The molecular formula is C14H17N5OS.